The Labute approximate surface area is 155 Å². The third-order valence-corrected chi connectivity index (χ3v) is 4.47. The Kier molecular flexibility index (Phi) is 4.30. The maximum atomic E-state index is 13.0. The number of carbonyl (C=O) groups is 1. The minimum Gasteiger partial charge on any atom is -0.443 e. The number of nitrogens with zero attached hydrogens (tertiary/aromatic N) is 1. The van der Waals surface area contributed by atoms with Gasteiger partial charge in [-0.3, -0.25) is 4.79 Å². The van der Waals surface area contributed by atoms with Gasteiger partial charge >= 0.3 is 6.09 Å². The van der Waals surface area contributed by atoms with E-state index < -0.39 is 17.3 Å². The van der Waals surface area contributed by atoms with Crippen LogP contribution in [-0.4, -0.2) is 16.3 Å². The van der Waals surface area contributed by atoms with Crippen LogP contribution in [0.3, 0.4) is 0 Å². The standard InChI is InChI=1S/C18H15Br2NO3/c1-18(2,3)24-17(23)21-15-9-11(20)5-7-13(15)12-6-4-10(19)8-14(12)16(21)22/h4-9H,1-3H3. The molecule has 0 aliphatic rings. The maximum absolute atomic E-state index is 13.0. The smallest absolute Gasteiger partial charge is 0.422 e. The van der Waals surface area contributed by atoms with Crippen molar-refractivity contribution < 1.29 is 9.53 Å². The van der Waals surface area contributed by atoms with Crippen LogP contribution in [-0.2, 0) is 4.74 Å². The summed E-state index contributed by atoms with van der Waals surface area (Å²) in [5.74, 6) is 0. The monoisotopic (exact) mass is 451 g/mol. The van der Waals surface area contributed by atoms with Crippen LogP contribution in [0.5, 0.6) is 0 Å². The number of benzene rings is 2. The summed E-state index contributed by atoms with van der Waals surface area (Å²) in [5.41, 5.74) is -0.578. The third kappa shape index (κ3) is 3.13. The van der Waals surface area contributed by atoms with Gasteiger partial charge in [0.05, 0.1) is 5.52 Å². The van der Waals surface area contributed by atoms with Gasteiger partial charge in [0.15, 0.2) is 0 Å². The van der Waals surface area contributed by atoms with E-state index in [1.807, 2.05) is 24.3 Å². The molecule has 0 aliphatic carbocycles. The molecule has 1 aromatic heterocycles. The van der Waals surface area contributed by atoms with Gasteiger partial charge in [-0.05, 0) is 50.4 Å². The molecule has 0 amide bonds. The average molecular weight is 453 g/mol. The van der Waals surface area contributed by atoms with Gasteiger partial charge < -0.3 is 4.74 Å². The predicted molar refractivity (Wildman–Crippen MR) is 103 cm³/mol. The molecule has 0 saturated carbocycles. The normalized spacial score (nSPS) is 11.9. The Balaban J connectivity index is 2.45. The van der Waals surface area contributed by atoms with Crippen LogP contribution in [0.4, 0.5) is 4.79 Å². The van der Waals surface area contributed by atoms with E-state index in [4.69, 9.17) is 4.74 Å². The van der Waals surface area contributed by atoms with Crippen molar-refractivity contribution in [2.24, 2.45) is 0 Å². The Bertz CT molecular complexity index is 1030. The number of rotatable bonds is 0. The molecule has 0 fully saturated rings. The topological polar surface area (TPSA) is 48.3 Å². The summed E-state index contributed by atoms with van der Waals surface area (Å²) in [7, 11) is 0. The number of halogens is 2. The summed E-state index contributed by atoms with van der Waals surface area (Å²) in [6, 6.07) is 11.0. The lowest BCUT2D eigenvalue weighted by atomic mass is 10.1. The van der Waals surface area contributed by atoms with Crippen LogP contribution >= 0.6 is 31.9 Å². The van der Waals surface area contributed by atoms with Crippen molar-refractivity contribution in [2.45, 2.75) is 26.4 Å². The van der Waals surface area contributed by atoms with Crippen molar-refractivity contribution in [2.75, 3.05) is 0 Å². The highest BCUT2D eigenvalue weighted by Crippen LogP contribution is 2.28. The highest BCUT2D eigenvalue weighted by molar-refractivity contribution is 9.10. The summed E-state index contributed by atoms with van der Waals surface area (Å²) >= 11 is 6.78. The van der Waals surface area contributed by atoms with Crippen LogP contribution in [0, 0.1) is 0 Å². The zero-order valence-corrected chi connectivity index (χ0v) is 16.6. The molecule has 0 N–H and O–H groups in total. The number of hydrogen-bond donors (Lipinski definition) is 0. The fourth-order valence-electron chi connectivity index (χ4n) is 2.56. The van der Waals surface area contributed by atoms with Crippen molar-refractivity contribution in [3.05, 3.63) is 55.7 Å². The molecular formula is C18H15Br2NO3. The first-order valence-corrected chi connectivity index (χ1v) is 8.93. The minimum absolute atomic E-state index is 0.397. The fraction of sp³-hybridized carbons (Fsp3) is 0.222. The van der Waals surface area contributed by atoms with Crippen LogP contribution in [0.1, 0.15) is 20.8 Å². The Morgan fingerprint density at radius 2 is 1.54 bits per heavy atom. The first kappa shape index (κ1) is 17.2. The lowest BCUT2D eigenvalue weighted by molar-refractivity contribution is 0.0539. The van der Waals surface area contributed by atoms with E-state index in [0.717, 1.165) is 24.3 Å². The molecule has 0 saturated heterocycles. The van der Waals surface area contributed by atoms with Gasteiger partial charge in [-0.1, -0.05) is 44.0 Å². The Morgan fingerprint density at radius 3 is 2.17 bits per heavy atom. The number of ether oxygens (including phenoxy) is 1. The molecule has 3 rings (SSSR count). The van der Waals surface area contributed by atoms with Crippen molar-refractivity contribution in [1.29, 1.82) is 0 Å². The average Bonchev–Trinajstić information content (AvgIpc) is 2.45. The van der Waals surface area contributed by atoms with Gasteiger partial charge in [0.25, 0.3) is 5.56 Å². The van der Waals surface area contributed by atoms with E-state index in [1.54, 1.807) is 32.9 Å². The first-order valence-electron chi connectivity index (χ1n) is 7.34. The third-order valence-electron chi connectivity index (χ3n) is 3.48. The number of fused-ring (bicyclic) bond motifs is 3. The van der Waals surface area contributed by atoms with E-state index in [2.05, 4.69) is 31.9 Å². The summed E-state index contributed by atoms with van der Waals surface area (Å²) < 4.78 is 8.08. The minimum atomic E-state index is -0.693. The Hall–Kier alpha value is -1.66. The number of hydrogen-bond acceptors (Lipinski definition) is 3. The van der Waals surface area contributed by atoms with Gasteiger partial charge in [-0.15, -0.1) is 0 Å². The molecule has 3 aromatic rings. The summed E-state index contributed by atoms with van der Waals surface area (Å²) in [6.07, 6.45) is -0.683. The predicted octanol–water partition coefficient (Wildman–Crippen LogP) is 5.46. The molecule has 0 atom stereocenters. The zero-order valence-electron chi connectivity index (χ0n) is 13.4. The SMILES string of the molecule is CC(C)(C)OC(=O)n1c(=O)c2cc(Br)ccc2c2ccc(Br)cc21. The molecule has 1 heterocycles. The summed E-state index contributed by atoms with van der Waals surface area (Å²) in [4.78, 5) is 25.6. The first-order chi connectivity index (χ1) is 11.2. The van der Waals surface area contributed by atoms with E-state index in [0.29, 0.717) is 10.9 Å². The second kappa shape index (κ2) is 6.01. The quantitative estimate of drug-likeness (QED) is 0.425. The molecule has 6 heteroatoms. The lowest BCUT2D eigenvalue weighted by Gasteiger charge is -2.21. The van der Waals surface area contributed by atoms with Crippen LogP contribution < -0.4 is 5.56 Å². The second-order valence-electron chi connectivity index (χ2n) is 6.47. The molecule has 0 spiro atoms. The Morgan fingerprint density at radius 1 is 0.958 bits per heavy atom. The van der Waals surface area contributed by atoms with Crippen molar-refractivity contribution in [3.8, 4) is 0 Å². The van der Waals surface area contributed by atoms with Crippen molar-refractivity contribution in [3.63, 3.8) is 0 Å². The van der Waals surface area contributed by atoms with E-state index in [-0.39, 0.29) is 0 Å². The molecule has 2 aromatic carbocycles. The van der Waals surface area contributed by atoms with Gasteiger partial charge in [-0.2, -0.15) is 0 Å². The van der Waals surface area contributed by atoms with Crippen molar-refractivity contribution in [1.82, 2.24) is 4.57 Å². The van der Waals surface area contributed by atoms with Gasteiger partial charge in [-0.25, -0.2) is 9.36 Å². The molecule has 124 valence electrons. The van der Waals surface area contributed by atoms with Crippen LogP contribution in [0.15, 0.2) is 50.1 Å². The molecule has 4 nitrogen and oxygen atoms in total. The van der Waals surface area contributed by atoms with Gasteiger partial charge in [0, 0.05) is 19.7 Å². The maximum Gasteiger partial charge on any atom is 0.422 e. The second-order valence-corrected chi connectivity index (χ2v) is 8.30. The molecule has 0 bridgehead atoms. The molecule has 0 unspecified atom stereocenters. The zero-order chi connectivity index (χ0) is 17.6. The number of aromatic nitrogens is 1. The van der Waals surface area contributed by atoms with E-state index in [9.17, 15) is 9.59 Å². The molecule has 24 heavy (non-hydrogen) atoms. The van der Waals surface area contributed by atoms with E-state index in [1.165, 1.54) is 0 Å². The molecular weight excluding hydrogens is 438 g/mol. The number of carbonyl (C=O) groups excluding carboxylic acids is 1. The molecule has 0 aliphatic heterocycles. The fourth-order valence-corrected chi connectivity index (χ4v) is 3.27. The largest absolute Gasteiger partial charge is 0.443 e. The number of pyridine rings is 1. The summed E-state index contributed by atoms with van der Waals surface area (Å²) in [5, 5.41) is 2.07. The van der Waals surface area contributed by atoms with Gasteiger partial charge in [0.1, 0.15) is 5.60 Å². The summed E-state index contributed by atoms with van der Waals surface area (Å²) in [6.45, 7) is 5.31. The van der Waals surface area contributed by atoms with Gasteiger partial charge in [0.2, 0.25) is 0 Å². The van der Waals surface area contributed by atoms with Crippen LogP contribution in [0.2, 0.25) is 0 Å². The van der Waals surface area contributed by atoms with Crippen LogP contribution in [0.25, 0.3) is 21.7 Å². The highest BCUT2D eigenvalue weighted by atomic mass is 79.9. The highest BCUT2D eigenvalue weighted by Gasteiger charge is 2.22. The van der Waals surface area contributed by atoms with Crippen molar-refractivity contribution >= 4 is 59.6 Å². The lowest BCUT2D eigenvalue weighted by Crippen LogP contribution is -2.34. The van der Waals surface area contributed by atoms with E-state index >= 15 is 0 Å². The molecule has 0 radical (unpaired) electrons.